The van der Waals surface area contributed by atoms with Gasteiger partial charge in [0.2, 0.25) is 6.41 Å². The maximum atomic E-state index is 13.6. The van der Waals surface area contributed by atoms with Crippen LogP contribution in [0.2, 0.25) is 0 Å². The number of hydrogen-bond donors (Lipinski definition) is 2. The zero-order valence-corrected chi connectivity index (χ0v) is 20.7. The van der Waals surface area contributed by atoms with Gasteiger partial charge in [-0.25, -0.2) is 4.68 Å². The van der Waals surface area contributed by atoms with Crippen LogP contribution in [0.3, 0.4) is 0 Å². The summed E-state index contributed by atoms with van der Waals surface area (Å²) in [5.74, 6) is 0.166. The van der Waals surface area contributed by atoms with Gasteiger partial charge in [-0.3, -0.25) is 14.4 Å². The van der Waals surface area contributed by atoms with Crippen LogP contribution in [0.4, 0.5) is 5.69 Å². The highest BCUT2D eigenvalue weighted by molar-refractivity contribution is 5.99. The molecular formula is C26H34N6O3. The molecule has 1 aliphatic carbocycles. The van der Waals surface area contributed by atoms with Crippen molar-refractivity contribution in [2.24, 2.45) is 11.7 Å². The maximum absolute atomic E-state index is 13.6. The number of carbonyl (C=O) groups is 3. The number of aromatic nitrogens is 2. The Bertz CT molecular complexity index is 1170. The number of likely N-dealkylation sites (tertiary alicyclic amines) is 1. The molecular weight excluding hydrogens is 444 g/mol. The van der Waals surface area contributed by atoms with E-state index in [9.17, 15) is 14.4 Å². The Balaban J connectivity index is 1.48. The number of anilines is 1. The van der Waals surface area contributed by atoms with Gasteiger partial charge in [0.25, 0.3) is 11.8 Å². The van der Waals surface area contributed by atoms with Crippen LogP contribution in [-0.4, -0.2) is 69.0 Å². The van der Waals surface area contributed by atoms with E-state index >= 15 is 0 Å². The summed E-state index contributed by atoms with van der Waals surface area (Å²) in [7, 11) is 0. The molecule has 1 saturated heterocycles. The van der Waals surface area contributed by atoms with Crippen LogP contribution >= 0.6 is 0 Å². The molecule has 0 unspecified atom stereocenters. The second-order valence-electron chi connectivity index (χ2n) is 10.8. The fourth-order valence-corrected chi connectivity index (χ4v) is 5.40. The summed E-state index contributed by atoms with van der Waals surface area (Å²) in [6, 6.07) is 5.58. The molecule has 1 aromatic carbocycles. The Morgan fingerprint density at radius 3 is 2.57 bits per heavy atom. The van der Waals surface area contributed by atoms with Crippen LogP contribution in [0.5, 0.6) is 0 Å². The first kappa shape index (κ1) is 23.4. The van der Waals surface area contributed by atoms with Crippen LogP contribution in [0.1, 0.15) is 71.6 Å². The van der Waals surface area contributed by atoms with Gasteiger partial charge in [-0.2, -0.15) is 5.10 Å². The number of nitrogens with zero attached hydrogens (tertiary/aromatic N) is 4. The van der Waals surface area contributed by atoms with Gasteiger partial charge in [-0.1, -0.05) is 0 Å². The van der Waals surface area contributed by atoms with Crippen LogP contribution in [-0.2, 0) is 11.2 Å². The van der Waals surface area contributed by atoms with Crippen LogP contribution in [0.15, 0.2) is 18.2 Å². The van der Waals surface area contributed by atoms with Gasteiger partial charge in [-0.05, 0) is 70.6 Å². The standard InChI is InChI=1S/C26H34N6O3/c1-16-23-22(13-26(2,3)31(25(23)35)14-17-4-5-17)32(29-16)19-6-7-20(24(27)34)21(12-19)28-18-8-10-30(15-33)11-9-18/h6-7,12,15,17-18,28H,4-5,8-11,13-14H2,1-3H3,(H2,27,34). The van der Waals surface area contributed by atoms with Gasteiger partial charge in [0, 0.05) is 43.3 Å². The predicted molar refractivity (Wildman–Crippen MR) is 133 cm³/mol. The SMILES string of the molecule is Cc1nn(-c2ccc(C(N)=O)c(NC3CCN(C=O)CC3)c2)c2c1C(=O)N(CC1CC1)C(C)(C)C2. The Hall–Kier alpha value is -3.36. The average molecular weight is 479 g/mol. The number of nitrogens with two attached hydrogens (primary N) is 1. The first-order valence-electron chi connectivity index (χ1n) is 12.5. The molecule has 9 nitrogen and oxygen atoms in total. The lowest BCUT2D eigenvalue weighted by molar-refractivity contribution is -0.118. The van der Waals surface area contributed by atoms with Crippen molar-refractivity contribution in [3.05, 3.63) is 40.7 Å². The highest BCUT2D eigenvalue weighted by Crippen LogP contribution is 2.38. The number of carbonyl (C=O) groups excluding carboxylic acids is 3. The van der Waals surface area contributed by atoms with Gasteiger partial charge >= 0.3 is 0 Å². The molecule has 2 aliphatic heterocycles. The van der Waals surface area contributed by atoms with Crippen LogP contribution < -0.4 is 11.1 Å². The summed E-state index contributed by atoms with van der Waals surface area (Å²) < 4.78 is 1.85. The lowest BCUT2D eigenvalue weighted by Gasteiger charge is -2.42. The van der Waals surface area contributed by atoms with E-state index in [1.54, 1.807) is 11.0 Å². The molecule has 3 amide bonds. The van der Waals surface area contributed by atoms with E-state index in [1.807, 2.05) is 28.6 Å². The highest BCUT2D eigenvalue weighted by Gasteiger charge is 2.43. The molecule has 186 valence electrons. The zero-order valence-electron chi connectivity index (χ0n) is 20.7. The lowest BCUT2D eigenvalue weighted by atomic mass is 9.87. The van der Waals surface area contributed by atoms with Gasteiger partial charge in [0.15, 0.2) is 0 Å². The van der Waals surface area contributed by atoms with E-state index in [2.05, 4.69) is 19.2 Å². The minimum atomic E-state index is -0.505. The smallest absolute Gasteiger partial charge is 0.258 e. The number of amides is 3. The first-order chi connectivity index (χ1) is 16.7. The predicted octanol–water partition coefficient (Wildman–Crippen LogP) is 2.50. The summed E-state index contributed by atoms with van der Waals surface area (Å²) in [4.78, 5) is 40.5. The zero-order chi connectivity index (χ0) is 24.9. The summed E-state index contributed by atoms with van der Waals surface area (Å²) in [6.45, 7) is 8.29. The molecule has 9 heteroatoms. The monoisotopic (exact) mass is 478 g/mol. The minimum absolute atomic E-state index is 0.0564. The lowest BCUT2D eigenvalue weighted by Crippen LogP contribution is -2.53. The number of piperidine rings is 1. The fourth-order valence-electron chi connectivity index (χ4n) is 5.40. The van der Waals surface area contributed by atoms with E-state index < -0.39 is 5.91 Å². The van der Waals surface area contributed by atoms with E-state index in [1.165, 1.54) is 12.8 Å². The number of nitrogens with one attached hydrogen (secondary N) is 1. The van der Waals surface area contributed by atoms with Crippen molar-refractivity contribution in [2.75, 3.05) is 25.0 Å². The van der Waals surface area contributed by atoms with Gasteiger partial charge in [-0.15, -0.1) is 0 Å². The molecule has 2 fully saturated rings. The molecule has 0 atom stereocenters. The Kier molecular flexibility index (Phi) is 5.81. The Morgan fingerprint density at radius 2 is 1.94 bits per heavy atom. The topological polar surface area (TPSA) is 114 Å². The highest BCUT2D eigenvalue weighted by atomic mass is 16.2. The van der Waals surface area contributed by atoms with Gasteiger partial charge in [0.1, 0.15) is 0 Å². The van der Waals surface area contributed by atoms with Crippen LogP contribution in [0, 0.1) is 12.8 Å². The summed E-state index contributed by atoms with van der Waals surface area (Å²) in [5.41, 5.74) is 9.53. The molecule has 35 heavy (non-hydrogen) atoms. The third-order valence-corrected chi connectivity index (χ3v) is 7.63. The molecule has 0 spiro atoms. The van der Waals surface area contributed by atoms with E-state index in [-0.39, 0.29) is 17.5 Å². The Morgan fingerprint density at radius 1 is 1.23 bits per heavy atom. The number of rotatable bonds is 7. The van der Waals surface area contributed by atoms with Crippen LogP contribution in [0.25, 0.3) is 5.69 Å². The average Bonchev–Trinajstić information content (AvgIpc) is 3.58. The Labute approximate surface area is 205 Å². The third kappa shape index (κ3) is 4.39. The van der Waals surface area contributed by atoms with Crippen molar-refractivity contribution >= 4 is 23.9 Å². The second-order valence-corrected chi connectivity index (χ2v) is 10.8. The molecule has 0 radical (unpaired) electrons. The van der Waals surface area contributed by atoms with Crippen molar-refractivity contribution in [1.82, 2.24) is 19.6 Å². The molecule has 0 bridgehead atoms. The van der Waals surface area contributed by atoms with Gasteiger partial charge < -0.3 is 20.9 Å². The quantitative estimate of drug-likeness (QED) is 0.594. The minimum Gasteiger partial charge on any atom is -0.381 e. The summed E-state index contributed by atoms with van der Waals surface area (Å²) in [6.07, 6.45) is 5.55. The van der Waals surface area contributed by atoms with Crippen molar-refractivity contribution < 1.29 is 14.4 Å². The summed E-state index contributed by atoms with van der Waals surface area (Å²) in [5, 5.41) is 8.24. The number of aryl methyl sites for hydroxylation is 1. The molecule has 1 saturated carbocycles. The third-order valence-electron chi connectivity index (χ3n) is 7.63. The maximum Gasteiger partial charge on any atom is 0.258 e. The molecule has 3 N–H and O–H groups in total. The second kappa shape index (κ2) is 8.70. The molecule has 1 aromatic heterocycles. The molecule has 3 heterocycles. The molecule has 3 aliphatic rings. The molecule has 2 aromatic rings. The number of benzene rings is 1. The summed E-state index contributed by atoms with van der Waals surface area (Å²) >= 11 is 0. The van der Waals surface area contributed by atoms with Crippen molar-refractivity contribution in [2.45, 2.75) is 64.5 Å². The first-order valence-corrected chi connectivity index (χ1v) is 12.5. The number of primary amides is 1. The normalized spacial score (nSPS) is 20.0. The molecule has 5 rings (SSSR count). The van der Waals surface area contributed by atoms with Crippen molar-refractivity contribution in [3.8, 4) is 5.69 Å². The van der Waals surface area contributed by atoms with Crippen molar-refractivity contribution in [1.29, 1.82) is 0 Å². The van der Waals surface area contributed by atoms with E-state index in [0.717, 1.165) is 42.9 Å². The largest absolute Gasteiger partial charge is 0.381 e. The van der Waals surface area contributed by atoms with Gasteiger partial charge in [0.05, 0.1) is 28.2 Å². The number of hydrogen-bond acceptors (Lipinski definition) is 5. The van der Waals surface area contributed by atoms with E-state index in [0.29, 0.717) is 42.2 Å². The van der Waals surface area contributed by atoms with Crippen molar-refractivity contribution in [3.63, 3.8) is 0 Å². The fraction of sp³-hybridized carbons (Fsp3) is 0.538. The van der Waals surface area contributed by atoms with E-state index in [4.69, 9.17) is 10.8 Å². The number of fused-ring (bicyclic) bond motifs is 1.